The lowest BCUT2D eigenvalue weighted by Crippen LogP contribution is -2.48. The summed E-state index contributed by atoms with van der Waals surface area (Å²) in [6, 6.07) is 19.1. The molecule has 4 heteroatoms. The summed E-state index contributed by atoms with van der Waals surface area (Å²) >= 11 is 0. The van der Waals surface area contributed by atoms with E-state index in [1.807, 2.05) is 4.57 Å². The molecule has 0 spiro atoms. The van der Waals surface area contributed by atoms with Crippen LogP contribution in [0.3, 0.4) is 0 Å². The lowest BCUT2D eigenvalue weighted by molar-refractivity contribution is 0.0769. The third kappa shape index (κ3) is 3.82. The Hall–Kier alpha value is -2.43. The highest BCUT2D eigenvalue weighted by atomic mass is 16.2. The van der Waals surface area contributed by atoms with Gasteiger partial charge in [-0.2, -0.15) is 0 Å². The van der Waals surface area contributed by atoms with Crippen molar-refractivity contribution >= 4 is 16.8 Å². The number of piperazine rings is 1. The maximum atomic E-state index is 13.4. The van der Waals surface area contributed by atoms with Crippen molar-refractivity contribution in [2.24, 2.45) is 5.92 Å². The molecule has 1 aromatic heterocycles. The second-order valence-electron chi connectivity index (χ2n) is 9.06. The first-order valence-electron chi connectivity index (χ1n) is 11.3. The van der Waals surface area contributed by atoms with Gasteiger partial charge in [0.1, 0.15) is 0 Å². The van der Waals surface area contributed by atoms with Gasteiger partial charge in [-0.25, -0.2) is 0 Å². The molecule has 0 N–H and O–H groups in total. The van der Waals surface area contributed by atoms with Gasteiger partial charge in [0.25, 0.3) is 0 Å². The summed E-state index contributed by atoms with van der Waals surface area (Å²) in [5, 5.41) is 1.28. The van der Waals surface area contributed by atoms with Gasteiger partial charge in [0.2, 0.25) is 5.91 Å². The number of fused-ring (bicyclic) bond motifs is 3. The van der Waals surface area contributed by atoms with E-state index < -0.39 is 0 Å². The van der Waals surface area contributed by atoms with Crippen LogP contribution in [-0.4, -0.2) is 53.0 Å². The molecule has 5 rings (SSSR count). The first kappa shape index (κ1) is 19.5. The molecule has 30 heavy (non-hydrogen) atoms. The van der Waals surface area contributed by atoms with Crippen molar-refractivity contribution in [2.75, 3.05) is 32.7 Å². The fourth-order valence-corrected chi connectivity index (χ4v) is 5.18. The van der Waals surface area contributed by atoms with Gasteiger partial charge in [-0.1, -0.05) is 55.5 Å². The van der Waals surface area contributed by atoms with Crippen LogP contribution in [0.4, 0.5) is 0 Å². The number of rotatable bonds is 4. The predicted octanol–water partition coefficient (Wildman–Crippen LogP) is 4.22. The molecule has 4 nitrogen and oxygen atoms in total. The van der Waals surface area contributed by atoms with E-state index in [1.54, 1.807) is 0 Å². The van der Waals surface area contributed by atoms with Gasteiger partial charge >= 0.3 is 0 Å². The number of nitrogens with zero attached hydrogens (tertiary/aromatic N) is 3. The highest BCUT2D eigenvalue weighted by Crippen LogP contribution is 2.34. The molecule has 0 amide bonds. The van der Waals surface area contributed by atoms with Gasteiger partial charge in [-0.3, -0.25) is 19.2 Å². The van der Waals surface area contributed by atoms with E-state index in [2.05, 4.69) is 71.3 Å². The minimum atomic E-state index is 0.235. The van der Waals surface area contributed by atoms with Crippen LogP contribution in [0.15, 0.2) is 54.6 Å². The zero-order valence-corrected chi connectivity index (χ0v) is 17.9. The molecular weight excluding hydrogens is 370 g/mol. The minimum Gasteiger partial charge on any atom is -0.297 e. The summed E-state index contributed by atoms with van der Waals surface area (Å²) in [5.74, 6) is 0.933. The zero-order chi connectivity index (χ0) is 20.5. The van der Waals surface area contributed by atoms with E-state index in [0.717, 1.165) is 51.1 Å². The molecule has 0 bridgehead atoms. The Morgan fingerprint density at radius 1 is 0.933 bits per heavy atom. The summed E-state index contributed by atoms with van der Waals surface area (Å²) in [5.41, 5.74) is 5.14. The van der Waals surface area contributed by atoms with E-state index in [1.165, 1.54) is 28.6 Å². The highest BCUT2D eigenvalue weighted by Gasteiger charge is 2.27. The zero-order valence-electron chi connectivity index (χ0n) is 17.9. The van der Waals surface area contributed by atoms with E-state index in [4.69, 9.17) is 0 Å². The third-order valence-corrected chi connectivity index (χ3v) is 6.84. The predicted molar refractivity (Wildman–Crippen MR) is 122 cm³/mol. The maximum Gasteiger partial charge on any atom is 0.245 e. The Morgan fingerprint density at radius 2 is 1.63 bits per heavy atom. The average molecular weight is 402 g/mol. The second kappa shape index (κ2) is 8.37. The van der Waals surface area contributed by atoms with Gasteiger partial charge < -0.3 is 0 Å². The number of para-hydroxylation sites is 1. The summed E-state index contributed by atoms with van der Waals surface area (Å²) in [4.78, 5) is 18.2. The van der Waals surface area contributed by atoms with Crippen LogP contribution in [0.5, 0.6) is 0 Å². The molecular formula is C26H31N3O. The molecule has 1 saturated heterocycles. The Labute approximate surface area is 179 Å². The first-order chi connectivity index (χ1) is 14.7. The van der Waals surface area contributed by atoms with Crippen LogP contribution in [0.1, 0.15) is 35.0 Å². The molecule has 156 valence electrons. The standard InChI is InChI=1S/C26H31N3O/c1-20-11-12-25-23(17-20)22-9-5-6-10-24(22)29(25)26(30)19-28-15-13-27(14-16-28)18-21-7-3-2-4-8-21/h2-10,20H,11-19H2,1H3/t20-/m1/s1. The van der Waals surface area contributed by atoms with Crippen molar-refractivity contribution in [1.29, 1.82) is 0 Å². The molecule has 2 aromatic carbocycles. The SMILES string of the molecule is C[C@@H]1CCc2c(c3ccccc3n2C(=O)CN2CCN(Cc3ccccc3)CC2)C1. The fraction of sp³-hybridized carbons (Fsp3) is 0.423. The highest BCUT2D eigenvalue weighted by molar-refractivity contribution is 5.97. The third-order valence-electron chi connectivity index (χ3n) is 6.84. The van der Waals surface area contributed by atoms with Crippen molar-refractivity contribution < 1.29 is 4.79 Å². The van der Waals surface area contributed by atoms with Crippen molar-refractivity contribution in [2.45, 2.75) is 32.7 Å². The number of hydrogen-bond acceptors (Lipinski definition) is 3. The summed E-state index contributed by atoms with van der Waals surface area (Å²) in [6.45, 7) is 7.78. The Bertz CT molecular complexity index is 1030. The first-order valence-corrected chi connectivity index (χ1v) is 11.3. The summed E-state index contributed by atoms with van der Waals surface area (Å²) < 4.78 is 2.05. The van der Waals surface area contributed by atoms with Gasteiger partial charge in [-0.05, 0) is 42.4 Å². The molecule has 2 heterocycles. The largest absolute Gasteiger partial charge is 0.297 e. The minimum absolute atomic E-state index is 0.235. The Kier molecular flexibility index (Phi) is 5.45. The van der Waals surface area contributed by atoms with Crippen LogP contribution in [0.25, 0.3) is 10.9 Å². The van der Waals surface area contributed by atoms with Gasteiger partial charge in [0, 0.05) is 43.8 Å². The molecule has 1 fully saturated rings. The summed E-state index contributed by atoms with van der Waals surface area (Å²) in [6.07, 6.45) is 3.28. The van der Waals surface area contributed by atoms with Crippen molar-refractivity contribution in [1.82, 2.24) is 14.4 Å². The van der Waals surface area contributed by atoms with Gasteiger partial charge in [-0.15, -0.1) is 0 Å². The molecule has 0 radical (unpaired) electrons. The molecule has 1 atom stereocenters. The maximum absolute atomic E-state index is 13.4. The van der Waals surface area contributed by atoms with Crippen LogP contribution in [0, 0.1) is 5.92 Å². The number of carbonyl (C=O) groups excluding carboxylic acids is 1. The lowest BCUT2D eigenvalue weighted by Gasteiger charge is -2.34. The van der Waals surface area contributed by atoms with E-state index >= 15 is 0 Å². The second-order valence-corrected chi connectivity index (χ2v) is 9.06. The fourth-order valence-electron chi connectivity index (χ4n) is 5.18. The lowest BCUT2D eigenvalue weighted by atomic mass is 9.88. The van der Waals surface area contributed by atoms with Gasteiger partial charge in [0.05, 0.1) is 12.1 Å². The molecule has 1 aliphatic carbocycles. The molecule has 2 aliphatic rings. The quantitative estimate of drug-likeness (QED) is 0.655. The van der Waals surface area contributed by atoms with Crippen molar-refractivity contribution in [3.05, 3.63) is 71.4 Å². The Morgan fingerprint density at radius 3 is 2.43 bits per heavy atom. The molecule has 0 saturated carbocycles. The van der Waals surface area contributed by atoms with Gasteiger partial charge in [0.15, 0.2) is 0 Å². The van der Waals surface area contributed by atoms with Crippen LogP contribution in [0.2, 0.25) is 0 Å². The topological polar surface area (TPSA) is 28.5 Å². The Balaban J connectivity index is 1.28. The van der Waals surface area contributed by atoms with Crippen LogP contribution < -0.4 is 0 Å². The summed E-state index contributed by atoms with van der Waals surface area (Å²) in [7, 11) is 0. The average Bonchev–Trinajstić information content (AvgIpc) is 3.10. The number of aromatic nitrogens is 1. The smallest absolute Gasteiger partial charge is 0.245 e. The van der Waals surface area contributed by atoms with Crippen LogP contribution >= 0.6 is 0 Å². The number of hydrogen-bond donors (Lipinski definition) is 0. The normalized spacial score (nSPS) is 20.4. The van der Waals surface area contributed by atoms with Crippen LogP contribution in [-0.2, 0) is 19.4 Å². The number of carbonyl (C=O) groups is 1. The molecule has 1 aliphatic heterocycles. The van der Waals surface area contributed by atoms with Crippen molar-refractivity contribution in [3.63, 3.8) is 0 Å². The van der Waals surface area contributed by atoms with E-state index in [-0.39, 0.29) is 5.91 Å². The van der Waals surface area contributed by atoms with Crippen molar-refractivity contribution in [3.8, 4) is 0 Å². The van der Waals surface area contributed by atoms with E-state index in [9.17, 15) is 4.79 Å². The molecule has 3 aromatic rings. The monoisotopic (exact) mass is 401 g/mol. The molecule has 0 unspecified atom stereocenters. The number of benzene rings is 2. The van der Waals surface area contributed by atoms with E-state index in [0.29, 0.717) is 12.5 Å².